The van der Waals surface area contributed by atoms with Gasteiger partial charge in [-0.3, -0.25) is 10.00 Å². The van der Waals surface area contributed by atoms with E-state index in [4.69, 9.17) is 0 Å². The van der Waals surface area contributed by atoms with Gasteiger partial charge in [0.1, 0.15) is 17.3 Å². The molecule has 7 rings (SSSR count). The summed E-state index contributed by atoms with van der Waals surface area (Å²) < 4.78 is 30.7. The lowest BCUT2D eigenvalue weighted by Gasteiger charge is -2.41. The number of nitrogens with one attached hydrogen (secondary N) is 2. The van der Waals surface area contributed by atoms with Gasteiger partial charge in [-0.25, -0.2) is 18.6 Å². The molecule has 0 spiro atoms. The van der Waals surface area contributed by atoms with Crippen molar-refractivity contribution < 1.29 is 13.6 Å². The van der Waals surface area contributed by atoms with Crippen LogP contribution in [0.2, 0.25) is 0 Å². The molecule has 4 aromatic rings. The van der Waals surface area contributed by atoms with E-state index in [0.29, 0.717) is 25.6 Å². The van der Waals surface area contributed by atoms with Gasteiger partial charge in [0, 0.05) is 78.6 Å². The molecule has 2 N–H and O–H groups in total. The maximum Gasteiger partial charge on any atom is 0.317 e. The second-order valence-corrected chi connectivity index (χ2v) is 10.6. The van der Waals surface area contributed by atoms with Gasteiger partial charge in [-0.1, -0.05) is 6.07 Å². The summed E-state index contributed by atoms with van der Waals surface area (Å²) in [5.74, 6) is -1.02. The van der Waals surface area contributed by atoms with Crippen LogP contribution in [0.4, 0.5) is 13.6 Å². The average molecular weight is 518 g/mol. The van der Waals surface area contributed by atoms with Crippen LogP contribution in [0.15, 0.2) is 48.9 Å². The summed E-state index contributed by atoms with van der Waals surface area (Å²) in [4.78, 5) is 21.8. The van der Waals surface area contributed by atoms with Gasteiger partial charge in [-0.2, -0.15) is 5.10 Å². The fourth-order valence-electron chi connectivity index (χ4n) is 6.57. The Balaban J connectivity index is 1.07. The van der Waals surface area contributed by atoms with Crippen LogP contribution in [0, 0.1) is 11.6 Å². The maximum absolute atomic E-state index is 14.4. The third-order valence-electron chi connectivity index (χ3n) is 8.56. The number of imidazole rings is 1. The van der Waals surface area contributed by atoms with Crippen LogP contribution < -0.4 is 5.32 Å². The fraction of sp³-hybridized carbons (Fsp3) is 0.393. The molecule has 8 nitrogen and oxygen atoms in total. The van der Waals surface area contributed by atoms with Gasteiger partial charge in [0.25, 0.3) is 0 Å². The Kier molecular flexibility index (Phi) is 5.65. The SMILES string of the molecule is O=C(NC1CC[C@H]2CC[C@@H]1N2Cc1c(F)cccc1F)N1CCc2[nH]nc(-c3ccc4nccn4c3)c2C1. The van der Waals surface area contributed by atoms with Gasteiger partial charge in [-0.15, -0.1) is 0 Å². The first kappa shape index (κ1) is 23.3. The molecule has 3 aliphatic rings. The van der Waals surface area contributed by atoms with Crippen molar-refractivity contribution in [2.75, 3.05) is 6.54 Å². The van der Waals surface area contributed by atoms with Crippen LogP contribution in [-0.4, -0.2) is 60.1 Å². The zero-order chi connectivity index (χ0) is 25.8. The van der Waals surface area contributed by atoms with Crippen molar-refractivity contribution in [2.45, 2.75) is 63.3 Å². The minimum absolute atomic E-state index is 0.0510. The molecule has 2 saturated heterocycles. The molecule has 10 heteroatoms. The molecule has 0 saturated carbocycles. The molecular formula is C28H29F2N7O. The second-order valence-electron chi connectivity index (χ2n) is 10.6. The van der Waals surface area contributed by atoms with Crippen molar-refractivity contribution in [1.82, 2.24) is 34.7 Å². The smallest absolute Gasteiger partial charge is 0.317 e. The first-order valence-corrected chi connectivity index (χ1v) is 13.3. The van der Waals surface area contributed by atoms with Crippen molar-refractivity contribution in [1.29, 1.82) is 0 Å². The fourth-order valence-corrected chi connectivity index (χ4v) is 6.57. The average Bonchev–Trinajstić information content (AvgIpc) is 3.63. The third kappa shape index (κ3) is 3.94. The van der Waals surface area contributed by atoms with E-state index in [1.54, 1.807) is 6.20 Å². The van der Waals surface area contributed by atoms with Crippen LogP contribution in [0.25, 0.3) is 16.9 Å². The van der Waals surface area contributed by atoms with Gasteiger partial charge < -0.3 is 14.6 Å². The number of nitrogens with zero attached hydrogens (tertiary/aromatic N) is 5. The lowest BCUT2D eigenvalue weighted by molar-refractivity contribution is 0.0962. The molecule has 2 fully saturated rings. The molecule has 196 valence electrons. The number of carbonyl (C=O) groups is 1. The molecule has 3 aromatic heterocycles. The Labute approximate surface area is 218 Å². The minimum Gasteiger partial charge on any atom is -0.334 e. The number of hydrogen-bond donors (Lipinski definition) is 2. The second kappa shape index (κ2) is 9.20. The van der Waals surface area contributed by atoms with Crippen LogP contribution in [0.5, 0.6) is 0 Å². The van der Waals surface area contributed by atoms with Gasteiger partial charge in [-0.05, 0) is 49.9 Å². The number of piperidine rings is 1. The maximum atomic E-state index is 14.4. The number of hydrogen-bond acceptors (Lipinski definition) is 4. The monoisotopic (exact) mass is 517 g/mol. The molecule has 38 heavy (non-hydrogen) atoms. The molecular weight excluding hydrogens is 488 g/mol. The summed E-state index contributed by atoms with van der Waals surface area (Å²) in [6, 6.07) is 8.20. The normalized spacial score (nSPS) is 23.1. The van der Waals surface area contributed by atoms with Gasteiger partial charge in [0.2, 0.25) is 0 Å². The highest BCUT2D eigenvalue weighted by molar-refractivity contribution is 5.76. The Hall–Kier alpha value is -3.79. The molecule has 3 atom stereocenters. The van der Waals surface area contributed by atoms with E-state index in [2.05, 4.69) is 25.4 Å². The zero-order valence-electron chi connectivity index (χ0n) is 20.9. The Morgan fingerprint density at radius 2 is 1.95 bits per heavy atom. The summed E-state index contributed by atoms with van der Waals surface area (Å²) in [7, 11) is 0. The molecule has 0 radical (unpaired) electrons. The van der Waals surface area contributed by atoms with Crippen molar-refractivity contribution in [3.63, 3.8) is 0 Å². The number of aromatic nitrogens is 4. The third-order valence-corrected chi connectivity index (χ3v) is 8.56. The topological polar surface area (TPSA) is 81.6 Å². The van der Waals surface area contributed by atoms with Crippen LogP contribution in [0.1, 0.15) is 42.5 Å². The number of amides is 2. The van der Waals surface area contributed by atoms with E-state index >= 15 is 0 Å². The summed E-state index contributed by atoms with van der Waals surface area (Å²) in [5, 5.41) is 11.0. The molecule has 1 unspecified atom stereocenters. The minimum atomic E-state index is -0.511. The van der Waals surface area contributed by atoms with Crippen molar-refractivity contribution >= 4 is 11.7 Å². The van der Waals surface area contributed by atoms with Crippen LogP contribution in [0.3, 0.4) is 0 Å². The highest BCUT2D eigenvalue weighted by atomic mass is 19.1. The Bertz CT molecular complexity index is 1490. The Morgan fingerprint density at radius 3 is 2.82 bits per heavy atom. The highest BCUT2D eigenvalue weighted by Gasteiger charge is 2.43. The molecule has 0 aliphatic carbocycles. The van der Waals surface area contributed by atoms with Crippen LogP contribution >= 0.6 is 0 Å². The number of carbonyl (C=O) groups excluding carboxylic acids is 1. The lowest BCUT2D eigenvalue weighted by Crippen LogP contribution is -2.56. The molecule has 1 aromatic carbocycles. The number of urea groups is 1. The van der Waals surface area contributed by atoms with Crippen molar-refractivity contribution in [3.8, 4) is 11.3 Å². The Morgan fingerprint density at radius 1 is 1.11 bits per heavy atom. The quantitative estimate of drug-likeness (QED) is 0.424. The van der Waals surface area contributed by atoms with Crippen LogP contribution in [-0.2, 0) is 19.5 Å². The highest BCUT2D eigenvalue weighted by Crippen LogP contribution is 2.38. The van der Waals surface area contributed by atoms with Gasteiger partial charge in [0.15, 0.2) is 0 Å². The summed E-state index contributed by atoms with van der Waals surface area (Å²) >= 11 is 0. The standard InChI is InChI=1S/C28H29F2N7O/c29-21-2-1-3-22(30)19(21)16-37-18-5-7-24(25(37)8-6-18)32-28(38)36-12-10-23-20(15-36)27(34-33-23)17-4-9-26-31-11-13-35(26)14-17/h1-4,9,11,13-14,18,24-25H,5-8,10,12,15-16H2,(H,32,38)(H,33,34)/t18-,24?,25-/m0/s1. The largest absolute Gasteiger partial charge is 0.334 e. The van der Waals surface area contributed by atoms with E-state index in [9.17, 15) is 13.6 Å². The number of H-pyrrole nitrogens is 1. The number of aromatic amines is 1. The molecule has 3 aliphatic heterocycles. The van der Waals surface area contributed by atoms with Crippen molar-refractivity contribution in [2.24, 2.45) is 0 Å². The zero-order valence-corrected chi connectivity index (χ0v) is 20.9. The number of benzene rings is 1. The van der Waals surface area contributed by atoms with E-state index in [1.807, 2.05) is 33.8 Å². The predicted octanol–water partition coefficient (Wildman–Crippen LogP) is 4.27. The lowest BCUT2D eigenvalue weighted by atomic mass is 9.96. The molecule has 2 amide bonds. The molecule has 2 bridgehead atoms. The first-order chi connectivity index (χ1) is 18.5. The first-order valence-electron chi connectivity index (χ1n) is 13.3. The van der Waals surface area contributed by atoms with E-state index in [1.165, 1.54) is 18.2 Å². The number of pyridine rings is 1. The molecule has 6 heterocycles. The summed E-state index contributed by atoms with van der Waals surface area (Å²) in [5.41, 5.74) is 4.89. The number of halogens is 2. The predicted molar refractivity (Wildman–Crippen MR) is 137 cm³/mol. The summed E-state index contributed by atoms with van der Waals surface area (Å²) in [6.07, 6.45) is 10.1. The van der Waals surface area contributed by atoms with Gasteiger partial charge in [0.05, 0.1) is 12.2 Å². The number of rotatable bonds is 4. The van der Waals surface area contributed by atoms with Crippen molar-refractivity contribution in [3.05, 3.63) is 77.4 Å². The van der Waals surface area contributed by atoms with Gasteiger partial charge >= 0.3 is 6.03 Å². The van der Waals surface area contributed by atoms with E-state index < -0.39 is 11.6 Å². The number of fused-ring (bicyclic) bond motifs is 4. The van der Waals surface area contributed by atoms with E-state index in [0.717, 1.165) is 53.8 Å². The summed E-state index contributed by atoms with van der Waals surface area (Å²) in [6.45, 7) is 1.30. The van der Waals surface area contributed by atoms with E-state index in [-0.39, 0.29) is 30.2 Å².